The molecule has 2 rings (SSSR count). The summed E-state index contributed by atoms with van der Waals surface area (Å²) in [6.07, 6.45) is 0.388. The summed E-state index contributed by atoms with van der Waals surface area (Å²) >= 11 is 5.05. The minimum atomic E-state index is -0.0398. The minimum absolute atomic E-state index is 0.0398. The Morgan fingerprint density at radius 2 is 2.28 bits per heavy atom. The molecule has 0 radical (unpaired) electrons. The second kappa shape index (κ2) is 5.63. The number of aryl methyl sites for hydroxylation is 2. The monoisotopic (exact) mass is 324 g/mol. The first-order valence-corrected chi connectivity index (χ1v) is 7.24. The number of carbonyl (C=O) groups is 1. The third-order valence-electron chi connectivity index (χ3n) is 2.52. The number of carbonyl (C=O) groups excluding carboxylic acids is 1. The number of pyridine rings is 1. The molecule has 3 nitrogen and oxygen atoms in total. The van der Waals surface area contributed by atoms with Crippen LogP contribution < -0.4 is 5.32 Å². The Morgan fingerprint density at radius 1 is 1.50 bits per heavy atom. The highest BCUT2D eigenvalue weighted by atomic mass is 79.9. The Balaban J connectivity index is 2.07. The molecule has 0 saturated heterocycles. The van der Waals surface area contributed by atoms with E-state index in [4.69, 9.17) is 0 Å². The summed E-state index contributed by atoms with van der Waals surface area (Å²) in [6, 6.07) is 3.82. The van der Waals surface area contributed by atoms with Gasteiger partial charge in [0.1, 0.15) is 5.82 Å². The van der Waals surface area contributed by atoms with Crippen molar-refractivity contribution in [2.45, 2.75) is 20.3 Å². The molecule has 0 aromatic carbocycles. The molecule has 0 atom stereocenters. The molecular formula is C13H13BrN2OS. The van der Waals surface area contributed by atoms with Gasteiger partial charge in [0.05, 0.1) is 12.1 Å². The van der Waals surface area contributed by atoms with Crippen LogP contribution in [0.4, 0.5) is 5.82 Å². The highest BCUT2D eigenvalue weighted by molar-refractivity contribution is 9.10. The van der Waals surface area contributed by atoms with Crippen LogP contribution in [0.2, 0.25) is 0 Å². The summed E-state index contributed by atoms with van der Waals surface area (Å²) in [4.78, 5) is 16.2. The van der Waals surface area contributed by atoms with Crippen LogP contribution in [0, 0.1) is 13.8 Å². The van der Waals surface area contributed by atoms with Crippen LogP contribution in [-0.2, 0) is 11.2 Å². The number of anilines is 1. The van der Waals surface area contributed by atoms with Gasteiger partial charge in [-0.05, 0) is 63.8 Å². The van der Waals surface area contributed by atoms with Crippen molar-refractivity contribution in [2.75, 3.05) is 5.32 Å². The maximum atomic E-state index is 11.8. The largest absolute Gasteiger partial charge is 0.310 e. The van der Waals surface area contributed by atoms with Gasteiger partial charge in [-0.3, -0.25) is 4.79 Å². The molecule has 1 N–H and O–H groups in total. The van der Waals surface area contributed by atoms with Gasteiger partial charge in [-0.15, -0.1) is 0 Å². The number of hydrogen-bond donors (Lipinski definition) is 1. The van der Waals surface area contributed by atoms with Crippen molar-refractivity contribution in [1.82, 2.24) is 4.98 Å². The van der Waals surface area contributed by atoms with Crippen molar-refractivity contribution < 1.29 is 4.79 Å². The number of hydrogen-bond acceptors (Lipinski definition) is 3. The first-order valence-electron chi connectivity index (χ1n) is 5.51. The lowest BCUT2D eigenvalue weighted by molar-refractivity contribution is -0.115. The SMILES string of the molecule is Cc1cc(NC(=O)Cc2ccsc2)nc(C)c1Br. The van der Waals surface area contributed by atoms with Crippen molar-refractivity contribution >= 4 is 39.0 Å². The first-order chi connectivity index (χ1) is 8.56. The predicted molar refractivity (Wildman–Crippen MR) is 78.1 cm³/mol. The van der Waals surface area contributed by atoms with E-state index in [2.05, 4.69) is 26.2 Å². The standard InChI is InChI=1S/C13H13BrN2OS/c1-8-5-11(15-9(2)13(8)14)16-12(17)6-10-3-4-18-7-10/h3-5,7H,6H2,1-2H3,(H,15,16,17). The third kappa shape index (κ3) is 3.17. The van der Waals surface area contributed by atoms with E-state index < -0.39 is 0 Å². The van der Waals surface area contributed by atoms with Crippen molar-refractivity contribution in [3.05, 3.63) is 44.2 Å². The maximum absolute atomic E-state index is 11.8. The van der Waals surface area contributed by atoms with Crippen molar-refractivity contribution in [2.24, 2.45) is 0 Å². The summed E-state index contributed by atoms with van der Waals surface area (Å²) in [7, 11) is 0. The van der Waals surface area contributed by atoms with Gasteiger partial charge < -0.3 is 5.32 Å². The zero-order valence-electron chi connectivity index (χ0n) is 10.2. The van der Waals surface area contributed by atoms with Crippen LogP contribution in [0.1, 0.15) is 16.8 Å². The van der Waals surface area contributed by atoms with Gasteiger partial charge in [0, 0.05) is 4.47 Å². The van der Waals surface area contributed by atoms with Crippen LogP contribution >= 0.6 is 27.3 Å². The Bertz CT molecular complexity index is 543. The summed E-state index contributed by atoms with van der Waals surface area (Å²) in [6.45, 7) is 3.89. The van der Waals surface area contributed by atoms with Gasteiger partial charge >= 0.3 is 0 Å². The van der Waals surface area contributed by atoms with Gasteiger partial charge in [-0.1, -0.05) is 0 Å². The summed E-state index contributed by atoms with van der Waals surface area (Å²) in [5, 5.41) is 6.77. The zero-order chi connectivity index (χ0) is 13.1. The van der Waals surface area contributed by atoms with Crippen LogP contribution in [0.3, 0.4) is 0 Å². The maximum Gasteiger partial charge on any atom is 0.229 e. The summed E-state index contributed by atoms with van der Waals surface area (Å²) in [5.41, 5.74) is 2.97. The molecule has 0 bridgehead atoms. The van der Waals surface area contributed by atoms with E-state index in [0.717, 1.165) is 21.3 Å². The van der Waals surface area contributed by atoms with Crippen LogP contribution in [0.5, 0.6) is 0 Å². The second-order valence-electron chi connectivity index (χ2n) is 4.08. The molecule has 2 aromatic rings. The molecule has 94 valence electrons. The zero-order valence-corrected chi connectivity index (χ0v) is 12.6. The number of aromatic nitrogens is 1. The van der Waals surface area contributed by atoms with E-state index >= 15 is 0 Å². The summed E-state index contributed by atoms with van der Waals surface area (Å²) < 4.78 is 0.985. The Hall–Kier alpha value is -1.20. The number of rotatable bonds is 3. The van der Waals surface area contributed by atoms with E-state index in [0.29, 0.717) is 12.2 Å². The molecule has 2 heterocycles. The molecule has 0 saturated carbocycles. The lowest BCUT2D eigenvalue weighted by Crippen LogP contribution is -2.15. The highest BCUT2D eigenvalue weighted by Gasteiger charge is 2.08. The van der Waals surface area contributed by atoms with Crippen LogP contribution in [0.15, 0.2) is 27.4 Å². The van der Waals surface area contributed by atoms with Crippen molar-refractivity contribution in [3.8, 4) is 0 Å². The fourth-order valence-corrected chi connectivity index (χ4v) is 2.52. The quantitative estimate of drug-likeness (QED) is 0.935. The number of nitrogens with zero attached hydrogens (tertiary/aromatic N) is 1. The summed E-state index contributed by atoms with van der Waals surface area (Å²) in [5.74, 6) is 0.565. The van der Waals surface area contributed by atoms with Crippen molar-refractivity contribution in [1.29, 1.82) is 0 Å². The Morgan fingerprint density at radius 3 is 2.89 bits per heavy atom. The normalized spacial score (nSPS) is 10.4. The smallest absolute Gasteiger partial charge is 0.229 e. The predicted octanol–water partition coefficient (Wildman–Crippen LogP) is 3.70. The number of thiophene rings is 1. The molecule has 0 aliphatic heterocycles. The highest BCUT2D eigenvalue weighted by Crippen LogP contribution is 2.22. The molecule has 0 aliphatic rings. The topological polar surface area (TPSA) is 42.0 Å². The van der Waals surface area contributed by atoms with E-state index in [9.17, 15) is 4.79 Å². The van der Waals surface area contributed by atoms with E-state index in [1.54, 1.807) is 11.3 Å². The number of halogens is 1. The van der Waals surface area contributed by atoms with Gasteiger partial charge in [0.2, 0.25) is 5.91 Å². The second-order valence-corrected chi connectivity index (χ2v) is 5.65. The van der Waals surface area contributed by atoms with Crippen LogP contribution in [0.25, 0.3) is 0 Å². The fraction of sp³-hybridized carbons (Fsp3) is 0.231. The lowest BCUT2D eigenvalue weighted by Gasteiger charge is -2.08. The first kappa shape index (κ1) is 13.2. The Labute approximate surface area is 118 Å². The molecule has 0 fully saturated rings. The lowest BCUT2D eigenvalue weighted by atomic mass is 10.2. The molecule has 0 spiro atoms. The van der Waals surface area contributed by atoms with E-state index in [1.165, 1.54) is 0 Å². The fourth-order valence-electron chi connectivity index (χ4n) is 1.65. The molecule has 1 amide bonds. The van der Waals surface area contributed by atoms with E-state index in [1.807, 2.05) is 36.7 Å². The third-order valence-corrected chi connectivity index (χ3v) is 4.45. The Kier molecular flexibility index (Phi) is 4.14. The molecule has 2 aromatic heterocycles. The minimum Gasteiger partial charge on any atom is -0.310 e. The average molecular weight is 325 g/mol. The molecular weight excluding hydrogens is 312 g/mol. The number of nitrogens with one attached hydrogen (secondary N) is 1. The molecule has 0 aliphatic carbocycles. The van der Waals surface area contributed by atoms with Gasteiger partial charge in [-0.25, -0.2) is 4.98 Å². The van der Waals surface area contributed by atoms with Gasteiger partial charge in [-0.2, -0.15) is 11.3 Å². The van der Waals surface area contributed by atoms with E-state index in [-0.39, 0.29) is 5.91 Å². The van der Waals surface area contributed by atoms with Crippen molar-refractivity contribution in [3.63, 3.8) is 0 Å². The molecule has 18 heavy (non-hydrogen) atoms. The average Bonchev–Trinajstić information content (AvgIpc) is 2.78. The van der Waals surface area contributed by atoms with Crippen LogP contribution in [-0.4, -0.2) is 10.9 Å². The van der Waals surface area contributed by atoms with Gasteiger partial charge in [0.25, 0.3) is 0 Å². The molecule has 5 heteroatoms. The number of amides is 1. The van der Waals surface area contributed by atoms with Gasteiger partial charge in [0.15, 0.2) is 0 Å². The molecule has 0 unspecified atom stereocenters.